The van der Waals surface area contributed by atoms with Gasteiger partial charge >= 0.3 is 5.97 Å². The molecule has 0 fully saturated rings. The Morgan fingerprint density at radius 1 is 1.25 bits per heavy atom. The van der Waals surface area contributed by atoms with Gasteiger partial charge in [0, 0.05) is 10.6 Å². The molecule has 24 heavy (non-hydrogen) atoms. The summed E-state index contributed by atoms with van der Waals surface area (Å²) in [5, 5.41) is 19.1. The summed E-state index contributed by atoms with van der Waals surface area (Å²) in [7, 11) is 0. The van der Waals surface area contributed by atoms with Crippen LogP contribution >= 0.6 is 23.2 Å². The fourth-order valence-electron chi connectivity index (χ4n) is 1.94. The van der Waals surface area contributed by atoms with E-state index in [-0.39, 0.29) is 0 Å². The summed E-state index contributed by atoms with van der Waals surface area (Å²) < 4.78 is 5.26. The average molecular weight is 362 g/mol. The zero-order valence-corrected chi connectivity index (χ0v) is 14.2. The van der Waals surface area contributed by atoms with Crippen molar-refractivity contribution in [2.75, 3.05) is 0 Å². The number of halogens is 2. The van der Waals surface area contributed by atoms with Crippen molar-refractivity contribution in [1.82, 2.24) is 0 Å². The Kier molecular flexibility index (Phi) is 5.86. The van der Waals surface area contributed by atoms with Crippen LogP contribution < -0.4 is 4.74 Å². The van der Waals surface area contributed by atoms with E-state index in [1.807, 2.05) is 0 Å². The summed E-state index contributed by atoms with van der Waals surface area (Å²) in [6.45, 7) is 1.45. The molecular weight excluding hydrogens is 349 g/mol. The highest BCUT2D eigenvalue weighted by Gasteiger charge is 2.12. The Balaban J connectivity index is 2.25. The Bertz CT molecular complexity index is 823. The second-order valence-electron chi connectivity index (χ2n) is 4.96. The highest BCUT2D eigenvalue weighted by Crippen LogP contribution is 2.28. The first-order valence-electron chi connectivity index (χ1n) is 6.97. The number of nitriles is 1. The average Bonchev–Trinajstić information content (AvgIpc) is 2.54. The van der Waals surface area contributed by atoms with Crippen molar-refractivity contribution < 1.29 is 14.6 Å². The number of allylic oxidation sites excluding steroid dienone is 1. The van der Waals surface area contributed by atoms with E-state index in [0.717, 1.165) is 5.56 Å². The number of benzene rings is 2. The molecule has 122 valence electrons. The van der Waals surface area contributed by atoms with Crippen molar-refractivity contribution in [1.29, 1.82) is 5.26 Å². The number of aliphatic carboxylic acids is 1. The minimum atomic E-state index is -1.04. The topological polar surface area (TPSA) is 70.3 Å². The van der Waals surface area contributed by atoms with Crippen molar-refractivity contribution in [3.63, 3.8) is 0 Å². The lowest BCUT2D eigenvalue weighted by Crippen LogP contribution is -2.22. The Labute approximate surface area is 149 Å². The van der Waals surface area contributed by atoms with Gasteiger partial charge in [0.25, 0.3) is 0 Å². The van der Waals surface area contributed by atoms with Gasteiger partial charge in [-0.2, -0.15) is 5.26 Å². The van der Waals surface area contributed by atoms with Crippen LogP contribution in [0.25, 0.3) is 11.6 Å². The number of carboxylic acids is 1. The number of carboxylic acid groups (broad SMARTS) is 1. The standard InChI is InChI=1S/C18H13Cl2NO3/c1-11(18(22)23)24-15-5-2-12(3-6-15)8-13(10-21)16-7-4-14(19)9-17(16)20/h2-9,11H,1H3,(H,22,23). The monoisotopic (exact) mass is 361 g/mol. The number of rotatable bonds is 5. The van der Waals surface area contributed by atoms with Crippen LogP contribution in [-0.4, -0.2) is 17.2 Å². The van der Waals surface area contributed by atoms with E-state index in [4.69, 9.17) is 33.0 Å². The number of ether oxygens (including phenoxy) is 1. The molecule has 2 rings (SSSR count). The van der Waals surface area contributed by atoms with Crippen LogP contribution in [0.2, 0.25) is 10.0 Å². The molecule has 6 heteroatoms. The first kappa shape index (κ1) is 17.9. The van der Waals surface area contributed by atoms with E-state index in [0.29, 0.717) is 26.9 Å². The van der Waals surface area contributed by atoms with Crippen LogP contribution in [0.4, 0.5) is 0 Å². The predicted molar refractivity (Wildman–Crippen MR) is 94.1 cm³/mol. The van der Waals surface area contributed by atoms with Crippen LogP contribution in [0, 0.1) is 11.3 Å². The van der Waals surface area contributed by atoms with Crippen LogP contribution in [0.5, 0.6) is 5.75 Å². The molecule has 2 aromatic carbocycles. The number of carbonyl (C=O) groups is 1. The van der Waals surface area contributed by atoms with Crippen molar-refractivity contribution in [3.05, 3.63) is 63.6 Å². The molecule has 0 amide bonds. The second-order valence-corrected chi connectivity index (χ2v) is 5.80. The molecule has 1 N–H and O–H groups in total. The van der Waals surface area contributed by atoms with Gasteiger partial charge in [-0.25, -0.2) is 4.79 Å². The van der Waals surface area contributed by atoms with Gasteiger partial charge in [-0.3, -0.25) is 0 Å². The van der Waals surface area contributed by atoms with Gasteiger partial charge < -0.3 is 9.84 Å². The molecule has 1 atom stereocenters. The van der Waals surface area contributed by atoms with Crippen molar-refractivity contribution in [2.24, 2.45) is 0 Å². The lowest BCUT2D eigenvalue weighted by Gasteiger charge is -2.10. The number of nitrogens with zero attached hydrogens (tertiary/aromatic N) is 1. The third-order valence-corrected chi connectivity index (χ3v) is 3.74. The summed E-state index contributed by atoms with van der Waals surface area (Å²) in [5.74, 6) is -0.604. The maximum atomic E-state index is 10.8. The van der Waals surface area contributed by atoms with Gasteiger partial charge in [0.05, 0.1) is 16.7 Å². The predicted octanol–water partition coefficient (Wildman–Crippen LogP) is 4.91. The van der Waals surface area contributed by atoms with Crippen LogP contribution in [-0.2, 0) is 4.79 Å². The highest BCUT2D eigenvalue weighted by molar-refractivity contribution is 6.36. The molecule has 0 saturated heterocycles. The molecule has 0 aliphatic rings. The molecule has 2 aromatic rings. The molecule has 0 spiro atoms. The molecule has 0 bridgehead atoms. The summed E-state index contributed by atoms with van der Waals surface area (Å²) >= 11 is 12.0. The van der Waals surface area contributed by atoms with E-state index in [2.05, 4.69) is 6.07 Å². The van der Waals surface area contributed by atoms with E-state index in [1.165, 1.54) is 6.92 Å². The van der Waals surface area contributed by atoms with Crippen molar-refractivity contribution >= 4 is 40.8 Å². The largest absolute Gasteiger partial charge is 0.479 e. The van der Waals surface area contributed by atoms with E-state index < -0.39 is 12.1 Å². The molecule has 0 aliphatic heterocycles. The highest BCUT2D eigenvalue weighted by atomic mass is 35.5. The maximum absolute atomic E-state index is 10.8. The van der Waals surface area contributed by atoms with Crippen molar-refractivity contribution in [3.8, 4) is 11.8 Å². The third-order valence-electron chi connectivity index (χ3n) is 3.19. The van der Waals surface area contributed by atoms with Gasteiger partial charge in [0.2, 0.25) is 0 Å². The normalized spacial score (nSPS) is 12.3. The van der Waals surface area contributed by atoms with Crippen LogP contribution in [0.15, 0.2) is 42.5 Å². The molecule has 1 unspecified atom stereocenters. The summed E-state index contributed by atoms with van der Waals surface area (Å²) in [4.78, 5) is 10.8. The van der Waals surface area contributed by atoms with Gasteiger partial charge in [-0.1, -0.05) is 41.4 Å². The van der Waals surface area contributed by atoms with Crippen LogP contribution in [0.3, 0.4) is 0 Å². The van der Waals surface area contributed by atoms with E-state index in [9.17, 15) is 10.1 Å². The van der Waals surface area contributed by atoms with Gasteiger partial charge in [-0.15, -0.1) is 0 Å². The first-order chi connectivity index (χ1) is 11.4. The molecule has 0 radical (unpaired) electrons. The van der Waals surface area contributed by atoms with Gasteiger partial charge in [-0.05, 0) is 42.8 Å². The van der Waals surface area contributed by atoms with Crippen molar-refractivity contribution in [2.45, 2.75) is 13.0 Å². The second kappa shape index (κ2) is 7.87. The number of hydrogen-bond acceptors (Lipinski definition) is 3. The zero-order chi connectivity index (χ0) is 17.7. The lowest BCUT2D eigenvalue weighted by molar-refractivity contribution is -0.144. The third kappa shape index (κ3) is 4.51. The molecular formula is C18H13Cl2NO3. The van der Waals surface area contributed by atoms with Crippen LogP contribution in [0.1, 0.15) is 18.1 Å². The molecule has 0 aliphatic carbocycles. The fourth-order valence-corrected chi connectivity index (χ4v) is 2.45. The number of hydrogen-bond donors (Lipinski definition) is 1. The maximum Gasteiger partial charge on any atom is 0.344 e. The summed E-state index contributed by atoms with van der Waals surface area (Å²) in [6, 6.07) is 13.8. The van der Waals surface area contributed by atoms with Gasteiger partial charge in [0.1, 0.15) is 5.75 Å². The fraction of sp³-hybridized carbons (Fsp3) is 0.111. The lowest BCUT2D eigenvalue weighted by atomic mass is 10.0. The Morgan fingerprint density at radius 3 is 2.46 bits per heavy atom. The minimum Gasteiger partial charge on any atom is -0.479 e. The first-order valence-corrected chi connectivity index (χ1v) is 7.73. The Morgan fingerprint density at radius 2 is 1.92 bits per heavy atom. The van der Waals surface area contributed by atoms with E-state index >= 15 is 0 Å². The zero-order valence-electron chi connectivity index (χ0n) is 12.7. The molecule has 4 nitrogen and oxygen atoms in total. The summed E-state index contributed by atoms with van der Waals surface area (Å²) in [6.07, 6.45) is 0.744. The SMILES string of the molecule is CC(Oc1ccc(C=C(C#N)c2ccc(Cl)cc2Cl)cc1)C(=O)O. The Hall–Kier alpha value is -2.48. The van der Waals surface area contributed by atoms with Gasteiger partial charge in [0.15, 0.2) is 6.10 Å². The molecule has 0 saturated carbocycles. The molecule has 0 heterocycles. The smallest absolute Gasteiger partial charge is 0.344 e. The van der Waals surface area contributed by atoms with E-state index in [1.54, 1.807) is 48.5 Å². The minimum absolute atomic E-state index is 0.393. The molecule has 0 aromatic heterocycles. The quantitative estimate of drug-likeness (QED) is 0.606. The summed E-state index contributed by atoms with van der Waals surface area (Å²) in [5.41, 5.74) is 1.74.